The Kier molecular flexibility index (Phi) is 3.61. The van der Waals surface area contributed by atoms with Gasteiger partial charge in [-0.25, -0.2) is 0 Å². The Morgan fingerprint density at radius 1 is 1.06 bits per heavy atom. The maximum absolute atomic E-state index is 2.40. The van der Waals surface area contributed by atoms with Crippen molar-refractivity contribution in [2.75, 3.05) is 0 Å². The highest BCUT2D eigenvalue weighted by Gasteiger charge is 2.09. The molecule has 1 aliphatic carbocycles. The molecule has 0 aliphatic heterocycles. The normalized spacial score (nSPS) is 15.2. The number of aryl methyl sites for hydroxylation is 1. The summed E-state index contributed by atoms with van der Waals surface area (Å²) in [6.07, 6.45) is 8.29. The zero-order chi connectivity index (χ0) is 11.4. The Morgan fingerprint density at radius 3 is 2.44 bits per heavy atom. The third-order valence-electron chi connectivity index (χ3n) is 3.26. The van der Waals surface area contributed by atoms with E-state index in [2.05, 4.69) is 56.3 Å². The van der Waals surface area contributed by atoms with Gasteiger partial charge in [0, 0.05) is 0 Å². The highest BCUT2D eigenvalue weighted by Crippen LogP contribution is 2.26. The smallest absolute Gasteiger partial charge is 0.0127 e. The van der Waals surface area contributed by atoms with E-state index in [9.17, 15) is 0 Å². The van der Waals surface area contributed by atoms with E-state index in [-0.39, 0.29) is 0 Å². The molecule has 0 saturated heterocycles. The van der Waals surface area contributed by atoms with E-state index >= 15 is 0 Å². The lowest BCUT2D eigenvalue weighted by molar-refractivity contribution is 0.753. The van der Waals surface area contributed by atoms with E-state index in [0.29, 0.717) is 5.92 Å². The summed E-state index contributed by atoms with van der Waals surface area (Å²) >= 11 is 0. The van der Waals surface area contributed by atoms with E-state index in [1.807, 2.05) is 0 Å². The first-order valence-electron chi connectivity index (χ1n) is 6.19. The zero-order valence-corrected chi connectivity index (χ0v) is 10.2. The van der Waals surface area contributed by atoms with Gasteiger partial charge in [0.05, 0.1) is 0 Å². The summed E-state index contributed by atoms with van der Waals surface area (Å²) in [4.78, 5) is 0. The molecule has 0 unspecified atom stereocenters. The predicted molar refractivity (Wildman–Crippen MR) is 70.4 cm³/mol. The second-order valence-electron chi connectivity index (χ2n) is 4.84. The van der Waals surface area contributed by atoms with E-state index in [0.717, 1.165) is 6.42 Å². The van der Waals surface area contributed by atoms with Crippen molar-refractivity contribution in [2.45, 2.75) is 33.1 Å². The monoisotopic (exact) mass is 212 g/mol. The van der Waals surface area contributed by atoms with Crippen LogP contribution < -0.4 is 0 Å². The molecule has 1 aliphatic rings. The quantitative estimate of drug-likeness (QED) is 0.687. The Bertz CT molecular complexity index is 393. The van der Waals surface area contributed by atoms with E-state index in [1.54, 1.807) is 5.57 Å². The summed E-state index contributed by atoms with van der Waals surface area (Å²) in [7, 11) is 0. The average Bonchev–Trinajstić information content (AvgIpc) is 2.76. The molecule has 0 fully saturated rings. The van der Waals surface area contributed by atoms with E-state index in [1.165, 1.54) is 24.0 Å². The third-order valence-corrected chi connectivity index (χ3v) is 3.26. The predicted octanol–water partition coefficient (Wildman–Crippen LogP) is 4.53. The molecule has 0 amide bonds. The van der Waals surface area contributed by atoms with Crippen LogP contribution in [-0.4, -0.2) is 0 Å². The number of allylic oxidation sites excluding steroid dienone is 4. The van der Waals surface area contributed by atoms with Crippen LogP contribution in [0.2, 0.25) is 0 Å². The minimum Gasteiger partial charge on any atom is -0.0772 e. The molecular formula is C16H20. The molecular weight excluding hydrogens is 192 g/mol. The van der Waals surface area contributed by atoms with Gasteiger partial charge in [0.25, 0.3) is 0 Å². The number of hydrogen-bond donors (Lipinski definition) is 0. The lowest BCUT2D eigenvalue weighted by Crippen LogP contribution is -1.89. The third kappa shape index (κ3) is 2.85. The van der Waals surface area contributed by atoms with Gasteiger partial charge in [0.2, 0.25) is 0 Å². The van der Waals surface area contributed by atoms with Crippen molar-refractivity contribution in [1.29, 1.82) is 0 Å². The Hall–Kier alpha value is -1.30. The lowest BCUT2D eigenvalue weighted by Gasteiger charge is -2.04. The summed E-state index contributed by atoms with van der Waals surface area (Å²) in [6.45, 7) is 4.56. The molecule has 1 aromatic carbocycles. The maximum atomic E-state index is 2.40. The minimum absolute atomic E-state index is 0.700. The van der Waals surface area contributed by atoms with Crippen LogP contribution in [0.1, 0.15) is 32.3 Å². The minimum atomic E-state index is 0.700. The molecule has 0 bridgehead atoms. The van der Waals surface area contributed by atoms with Crippen LogP contribution in [0, 0.1) is 5.92 Å². The van der Waals surface area contributed by atoms with Gasteiger partial charge in [0.1, 0.15) is 0 Å². The summed E-state index contributed by atoms with van der Waals surface area (Å²) in [5.74, 6) is 0.700. The molecule has 0 nitrogen and oxygen atoms in total. The molecule has 84 valence electrons. The van der Waals surface area contributed by atoms with Gasteiger partial charge in [-0.1, -0.05) is 67.5 Å². The molecule has 0 atom stereocenters. The fourth-order valence-corrected chi connectivity index (χ4v) is 2.11. The Balaban J connectivity index is 1.89. The second-order valence-corrected chi connectivity index (χ2v) is 4.84. The first-order chi connectivity index (χ1) is 7.75. The van der Waals surface area contributed by atoms with Crippen LogP contribution in [-0.2, 0) is 6.42 Å². The zero-order valence-electron chi connectivity index (χ0n) is 10.2. The number of benzene rings is 1. The number of rotatable bonds is 4. The highest BCUT2D eigenvalue weighted by atomic mass is 14.1. The van der Waals surface area contributed by atoms with Crippen LogP contribution in [0.5, 0.6) is 0 Å². The van der Waals surface area contributed by atoms with Crippen molar-refractivity contribution in [3.63, 3.8) is 0 Å². The van der Waals surface area contributed by atoms with Crippen LogP contribution >= 0.6 is 0 Å². The second kappa shape index (κ2) is 5.16. The molecule has 0 heterocycles. The van der Waals surface area contributed by atoms with Crippen molar-refractivity contribution >= 4 is 0 Å². The molecule has 1 aromatic rings. The van der Waals surface area contributed by atoms with Gasteiger partial charge in [-0.05, 0) is 30.7 Å². The summed E-state index contributed by atoms with van der Waals surface area (Å²) < 4.78 is 0. The lowest BCUT2D eigenvalue weighted by atomic mass is 10.0. The van der Waals surface area contributed by atoms with E-state index < -0.39 is 0 Å². The molecule has 0 saturated carbocycles. The topological polar surface area (TPSA) is 0 Å². The van der Waals surface area contributed by atoms with E-state index in [4.69, 9.17) is 0 Å². The largest absolute Gasteiger partial charge is 0.0772 e. The van der Waals surface area contributed by atoms with Gasteiger partial charge in [-0.3, -0.25) is 0 Å². The SMILES string of the molecule is CC(C)C1=CC(CCc2ccccc2)=CC1. The van der Waals surface area contributed by atoms with Gasteiger partial charge < -0.3 is 0 Å². The fourth-order valence-electron chi connectivity index (χ4n) is 2.11. The summed E-state index contributed by atoms with van der Waals surface area (Å²) in [5, 5.41) is 0. The van der Waals surface area contributed by atoms with Gasteiger partial charge in [-0.15, -0.1) is 0 Å². The molecule has 0 spiro atoms. The summed E-state index contributed by atoms with van der Waals surface area (Å²) in [5.41, 5.74) is 4.55. The number of hydrogen-bond acceptors (Lipinski definition) is 0. The van der Waals surface area contributed by atoms with Crippen LogP contribution in [0.15, 0.2) is 53.6 Å². The molecule has 0 aromatic heterocycles. The first-order valence-corrected chi connectivity index (χ1v) is 6.19. The molecule has 0 radical (unpaired) electrons. The van der Waals surface area contributed by atoms with Gasteiger partial charge in [-0.2, -0.15) is 0 Å². The van der Waals surface area contributed by atoms with Crippen LogP contribution in [0.25, 0.3) is 0 Å². The van der Waals surface area contributed by atoms with Crippen LogP contribution in [0.3, 0.4) is 0 Å². The molecule has 2 rings (SSSR count). The molecule has 16 heavy (non-hydrogen) atoms. The first kappa shape index (κ1) is 11.2. The van der Waals surface area contributed by atoms with Crippen molar-refractivity contribution in [3.05, 3.63) is 59.2 Å². The van der Waals surface area contributed by atoms with Crippen molar-refractivity contribution < 1.29 is 0 Å². The maximum Gasteiger partial charge on any atom is -0.0127 e. The Morgan fingerprint density at radius 2 is 1.81 bits per heavy atom. The average molecular weight is 212 g/mol. The van der Waals surface area contributed by atoms with Crippen molar-refractivity contribution in [2.24, 2.45) is 5.92 Å². The van der Waals surface area contributed by atoms with Crippen molar-refractivity contribution in [3.8, 4) is 0 Å². The van der Waals surface area contributed by atoms with Crippen molar-refractivity contribution in [1.82, 2.24) is 0 Å². The van der Waals surface area contributed by atoms with Gasteiger partial charge >= 0.3 is 0 Å². The molecule has 0 N–H and O–H groups in total. The molecule has 0 heteroatoms. The van der Waals surface area contributed by atoms with Crippen LogP contribution in [0.4, 0.5) is 0 Å². The van der Waals surface area contributed by atoms with Gasteiger partial charge in [0.15, 0.2) is 0 Å². The fraction of sp³-hybridized carbons (Fsp3) is 0.375. The Labute approximate surface area is 98.7 Å². The standard InChI is InChI=1S/C16H20/c1-13(2)16-11-10-15(12-16)9-8-14-6-4-3-5-7-14/h3-7,10,12-13H,8-9,11H2,1-2H3. The highest BCUT2D eigenvalue weighted by molar-refractivity contribution is 5.34. The summed E-state index contributed by atoms with van der Waals surface area (Å²) in [6, 6.07) is 10.7.